The van der Waals surface area contributed by atoms with Crippen molar-refractivity contribution in [3.63, 3.8) is 0 Å². The Hall–Kier alpha value is -1.10. The minimum Gasteiger partial charge on any atom is -0.320 e. The van der Waals surface area contributed by atoms with E-state index >= 15 is 0 Å². The second-order valence-electron chi connectivity index (χ2n) is 4.13. The number of carbonyl (C=O) groups is 1. The van der Waals surface area contributed by atoms with Gasteiger partial charge in [-0.3, -0.25) is 9.36 Å². The molecule has 0 heterocycles. The Morgan fingerprint density at radius 3 is 2.37 bits per heavy atom. The topological polar surface area (TPSA) is 63.6 Å². The average molecular weight is 292 g/mol. The SMILES string of the molecule is CCC(C)OP(=O)(O)C(F)(F)c1ccc(C=O)cc1. The third kappa shape index (κ3) is 3.47. The molecule has 1 aromatic carbocycles. The van der Waals surface area contributed by atoms with E-state index in [1.165, 1.54) is 6.92 Å². The fourth-order valence-corrected chi connectivity index (χ4v) is 2.55. The second-order valence-corrected chi connectivity index (χ2v) is 5.94. The number of hydrogen-bond acceptors (Lipinski definition) is 3. The zero-order chi connectivity index (χ0) is 14.7. The molecule has 0 spiro atoms. The van der Waals surface area contributed by atoms with Crippen molar-refractivity contribution in [2.75, 3.05) is 0 Å². The number of aldehydes is 1. The quantitative estimate of drug-likeness (QED) is 0.643. The van der Waals surface area contributed by atoms with Gasteiger partial charge in [0.1, 0.15) is 6.29 Å². The van der Waals surface area contributed by atoms with Gasteiger partial charge in [0.2, 0.25) is 0 Å². The standard InChI is InChI=1S/C12H15F2O4P/c1-3-9(2)18-19(16,17)12(13,14)11-6-4-10(8-15)5-7-11/h4-9H,3H2,1-2H3,(H,16,17). The largest absolute Gasteiger partial charge is 0.402 e. The van der Waals surface area contributed by atoms with Crippen molar-refractivity contribution in [1.82, 2.24) is 0 Å². The van der Waals surface area contributed by atoms with Crippen molar-refractivity contribution < 1.29 is 27.6 Å². The summed E-state index contributed by atoms with van der Waals surface area (Å²) >= 11 is 0. The molecule has 0 fully saturated rings. The van der Waals surface area contributed by atoms with E-state index in [1.807, 2.05) is 0 Å². The minimum atomic E-state index is -5.14. The van der Waals surface area contributed by atoms with Gasteiger partial charge in [0.05, 0.1) is 6.10 Å². The monoisotopic (exact) mass is 292 g/mol. The molecule has 7 heteroatoms. The number of hydrogen-bond donors (Lipinski definition) is 1. The van der Waals surface area contributed by atoms with E-state index in [9.17, 15) is 23.0 Å². The Morgan fingerprint density at radius 1 is 1.42 bits per heavy atom. The lowest BCUT2D eigenvalue weighted by atomic mass is 10.1. The van der Waals surface area contributed by atoms with Crippen LogP contribution in [-0.4, -0.2) is 17.3 Å². The molecular formula is C12H15F2O4P. The van der Waals surface area contributed by atoms with E-state index in [-0.39, 0.29) is 5.56 Å². The molecule has 4 nitrogen and oxygen atoms in total. The summed E-state index contributed by atoms with van der Waals surface area (Å²) in [5.74, 6) is 0. The molecule has 0 aliphatic heterocycles. The second kappa shape index (κ2) is 5.90. The number of halogens is 2. The van der Waals surface area contributed by atoms with Crippen LogP contribution in [0.3, 0.4) is 0 Å². The lowest BCUT2D eigenvalue weighted by Crippen LogP contribution is -2.19. The maximum atomic E-state index is 13.9. The first kappa shape index (κ1) is 16.0. The highest BCUT2D eigenvalue weighted by Gasteiger charge is 2.53. The number of carbonyl (C=O) groups excluding carboxylic acids is 1. The molecule has 0 aromatic heterocycles. The molecule has 0 saturated carbocycles. The third-order valence-electron chi connectivity index (χ3n) is 2.65. The van der Waals surface area contributed by atoms with Crippen molar-refractivity contribution in [3.05, 3.63) is 35.4 Å². The van der Waals surface area contributed by atoms with E-state index in [4.69, 9.17) is 0 Å². The van der Waals surface area contributed by atoms with Gasteiger partial charge in [-0.2, -0.15) is 8.78 Å². The summed E-state index contributed by atoms with van der Waals surface area (Å²) in [4.78, 5) is 19.9. The van der Waals surface area contributed by atoms with Crippen LogP contribution in [0.1, 0.15) is 36.2 Å². The first-order chi connectivity index (χ1) is 8.74. The summed E-state index contributed by atoms with van der Waals surface area (Å²) in [5.41, 5.74) is -4.47. The van der Waals surface area contributed by atoms with Gasteiger partial charge in [-0.1, -0.05) is 31.2 Å². The Bertz CT molecular complexity index is 487. The van der Waals surface area contributed by atoms with Gasteiger partial charge in [0, 0.05) is 11.1 Å². The first-order valence-corrected chi connectivity index (χ1v) is 7.27. The van der Waals surface area contributed by atoms with E-state index in [0.717, 1.165) is 24.3 Å². The Labute approximate surface area is 109 Å². The van der Waals surface area contributed by atoms with Crippen LogP contribution in [0.25, 0.3) is 0 Å². The lowest BCUT2D eigenvalue weighted by molar-refractivity contribution is 0.0347. The van der Waals surface area contributed by atoms with Crippen LogP contribution in [0.4, 0.5) is 8.78 Å². The average Bonchev–Trinajstić information content (AvgIpc) is 2.38. The van der Waals surface area contributed by atoms with Crippen LogP contribution in [0.2, 0.25) is 0 Å². The Balaban J connectivity index is 3.06. The molecule has 0 saturated heterocycles. The van der Waals surface area contributed by atoms with Crippen LogP contribution >= 0.6 is 7.60 Å². The van der Waals surface area contributed by atoms with Gasteiger partial charge >= 0.3 is 13.3 Å². The van der Waals surface area contributed by atoms with E-state index < -0.39 is 24.9 Å². The highest BCUT2D eigenvalue weighted by molar-refractivity contribution is 7.53. The fourth-order valence-electron chi connectivity index (χ4n) is 1.31. The summed E-state index contributed by atoms with van der Waals surface area (Å²) in [6, 6.07) is 4.18. The van der Waals surface area contributed by atoms with E-state index in [1.54, 1.807) is 6.92 Å². The third-order valence-corrected chi connectivity index (χ3v) is 4.26. The minimum absolute atomic E-state index is 0.204. The number of alkyl halides is 2. The predicted octanol–water partition coefficient (Wildman–Crippen LogP) is 3.55. The Kier molecular flexibility index (Phi) is 4.96. The summed E-state index contributed by atoms with van der Waals surface area (Å²) in [7, 11) is -5.14. The molecule has 1 rings (SSSR count). The zero-order valence-electron chi connectivity index (χ0n) is 10.5. The molecule has 0 bridgehead atoms. The summed E-state index contributed by atoms with van der Waals surface area (Å²) in [6.07, 6.45) is 0.0804. The molecule has 1 N–H and O–H groups in total. The van der Waals surface area contributed by atoms with Gasteiger partial charge in [0.15, 0.2) is 0 Å². The van der Waals surface area contributed by atoms with Gasteiger partial charge in [-0.25, -0.2) is 0 Å². The molecule has 2 atom stereocenters. The van der Waals surface area contributed by atoms with E-state index in [0.29, 0.717) is 12.7 Å². The molecular weight excluding hydrogens is 277 g/mol. The molecule has 0 radical (unpaired) electrons. The van der Waals surface area contributed by atoms with Gasteiger partial charge < -0.3 is 9.42 Å². The number of rotatable bonds is 6. The van der Waals surface area contributed by atoms with Crippen LogP contribution in [0, 0.1) is 0 Å². The van der Waals surface area contributed by atoms with E-state index in [2.05, 4.69) is 4.52 Å². The highest BCUT2D eigenvalue weighted by Crippen LogP contribution is 2.63. The molecule has 106 valence electrons. The molecule has 2 unspecified atom stereocenters. The summed E-state index contributed by atoms with van der Waals surface area (Å²) < 4.78 is 44.1. The zero-order valence-corrected chi connectivity index (χ0v) is 11.4. The molecule has 1 aromatic rings. The molecule has 0 aliphatic carbocycles. The Morgan fingerprint density at radius 2 is 1.95 bits per heavy atom. The van der Waals surface area contributed by atoms with Gasteiger partial charge in [-0.15, -0.1) is 0 Å². The predicted molar refractivity (Wildman–Crippen MR) is 66.4 cm³/mol. The summed E-state index contributed by atoms with van der Waals surface area (Å²) in [6.45, 7) is 3.09. The molecule has 0 aliphatic rings. The fraction of sp³-hybridized carbons (Fsp3) is 0.417. The van der Waals surface area contributed by atoms with Gasteiger partial charge in [0.25, 0.3) is 0 Å². The van der Waals surface area contributed by atoms with Crippen molar-refractivity contribution in [2.24, 2.45) is 0 Å². The van der Waals surface area contributed by atoms with Gasteiger partial charge in [-0.05, 0) is 13.3 Å². The van der Waals surface area contributed by atoms with Crippen molar-refractivity contribution in [2.45, 2.75) is 32.0 Å². The summed E-state index contributed by atoms with van der Waals surface area (Å²) in [5, 5.41) is 0. The highest BCUT2D eigenvalue weighted by atomic mass is 31.2. The maximum absolute atomic E-state index is 13.9. The normalized spacial score (nSPS) is 16.7. The lowest BCUT2D eigenvalue weighted by Gasteiger charge is -2.24. The maximum Gasteiger partial charge on any atom is 0.402 e. The van der Waals surface area contributed by atoms with Crippen molar-refractivity contribution in [3.8, 4) is 0 Å². The molecule has 19 heavy (non-hydrogen) atoms. The smallest absolute Gasteiger partial charge is 0.320 e. The van der Waals surface area contributed by atoms with Crippen molar-refractivity contribution >= 4 is 13.9 Å². The number of benzene rings is 1. The van der Waals surface area contributed by atoms with Crippen molar-refractivity contribution in [1.29, 1.82) is 0 Å². The molecule has 0 amide bonds. The van der Waals surface area contributed by atoms with Crippen LogP contribution in [0.5, 0.6) is 0 Å². The van der Waals surface area contributed by atoms with Crippen LogP contribution < -0.4 is 0 Å². The van der Waals surface area contributed by atoms with Crippen LogP contribution in [0.15, 0.2) is 24.3 Å². The van der Waals surface area contributed by atoms with Crippen LogP contribution in [-0.2, 0) is 14.8 Å². The first-order valence-electron chi connectivity index (χ1n) is 5.69.